The Bertz CT molecular complexity index is 961. The van der Waals surface area contributed by atoms with E-state index in [1.807, 2.05) is 18.3 Å². The highest BCUT2D eigenvalue weighted by Crippen LogP contribution is 2.25. The second-order valence-corrected chi connectivity index (χ2v) is 6.14. The molecule has 0 saturated heterocycles. The van der Waals surface area contributed by atoms with E-state index in [2.05, 4.69) is 22.4 Å². The first kappa shape index (κ1) is 15.5. The minimum atomic E-state index is -0.168. The Hall–Kier alpha value is -2.98. The molecule has 25 heavy (non-hydrogen) atoms. The number of nitrogens with one attached hydrogen (secondary N) is 2. The molecule has 4 nitrogen and oxygen atoms in total. The molecule has 124 valence electrons. The molecule has 0 fully saturated rings. The summed E-state index contributed by atoms with van der Waals surface area (Å²) in [5, 5.41) is 4.52. The largest absolute Gasteiger partial charge is 0.361 e. The van der Waals surface area contributed by atoms with Crippen LogP contribution >= 0.6 is 0 Å². The monoisotopic (exact) mass is 330 g/mol. The zero-order chi connectivity index (χ0) is 17.2. The molecule has 0 radical (unpaired) electrons. The third-order valence-electron chi connectivity index (χ3n) is 4.60. The maximum atomic E-state index is 12.3. The van der Waals surface area contributed by atoms with Crippen LogP contribution in [0.3, 0.4) is 0 Å². The van der Waals surface area contributed by atoms with Crippen molar-refractivity contribution in [2.45, 2.75) is 6.42 Å². The number of para-hydroxylation sites is 1. The Morgan fingerprint density at radius 3 is 2.36 bits per heavy atom. The Kier molecular flexibility index (Phi) is 4.04. The molecule has 0 spiro atoms. The van der Waals surface area contributed by atoms with E-state index >= 15 is 0 Å². The van der Waals surface area contributed by atoms with Crippen LogP contribution in [0, 0.1) is 0 Å². The first-order chi connectivity index (χ1) is 12.3. The maximum absolute atomic E-state index is 12.3. The molecule has 0 bridgehead atoms. The maximum Gasteiger partial charge on any atom is 0.197 e. The third-order valence-corrected chi connectivity index (χ3v) is 4.60. The van der Waals surface area contributed by atoms with Gasteiger partial charge in [-0.1, -0.05) is 48.5 Å². The van der Waals surface area contributed by atoms with Crippen molar-refractivity contribution >= 4 is 22.5 Å². The van der Waals surface area contributed by atoms with E-state index in [1.165, 1.54) is 10.9 Å². The number of hydrogen-bond donors (Lipinski definition) is 2. The van der Waals surface area contributed by atoms with Gasteiger partial charge in [0.15, 0.2) is 11.6 Å². The number of benzene rings is 2. The van der Waals surface area contributed by atoms with Crippen molar-refractivity contribution < 1.29 is 9.59 Å². The number of H-pyrrole nitrogens is 1. The van der Waals surface area contributed by atoms with Gasteiger partial charge in [0.25, 0.3) is 0 Å². The number of carbonyl (C=O) groups excluding carboxylic acids is 2. The van der Waals surface area contributed by atoms with Crippen molar-refractivity contribution in [3.8, 4) is 0 Å². The number of carbonyl (C=O) groups is 2. The van der Waals surface area contributed by atoms with Gasteiger partial charge in [0.05, 0.1) is 5.57 Å². The number of rotatable bonds is 5. The van der Waals surface area contributed by atoms with E-state index in [9.17, 15) is 9.59 Å². The average Bonchev–Trinajstić information content (AvgIpc) is 3.16. The van der Waals surface area contributed by atoms with E-state index in [1.54, 1.807) is 30.3 Å². The van der Waals surface area contributed by atoms with Gasteiger partial charge in [-0.25, -0.2) is 0 Å². The van der Waals surface area contributed by atoms with Crippen LogP contribution < -0.4 is 5.32 Å². The Balaban J connectivity index is 1.36. The van der Waals surface area contributed by atoms with Gasteiger partial charge in [-0.05, 0) is 24.6 Å². The number of fused-ring (bicyclic) bond motifs is 2. The summed E-state index contributed by atoms with van der Waals surface area (Å²) >= 11 is 0. The number of hydrogen-bond acceptors (Lipinski definition) is 3. The van der Waals surface area contributed by atoms with E-state index in [0.717, 1.165) is 18.5 Å². The summed E-state index contributed by atoms with van der Waals surface area (Å²) in [5.41, 5.74) is 3.70. The Morgan fingerprint density at radius 1 is 0.920 bits per heavy atom. The van der Waals surface area contributed by atoms with Gasteiger partial charge in [0.2, 0.25) is 0 Å². The summed E-state index contributed by atoms with van der Waals surface area (Å²) in [4.78, 5) is 27.8. The first-order valence-corrected chi connectivity index (χ1v) is 8.40. The van der Waals surface area contributed by atoms with E-state index in [-0.39, 0.29) is 17.1 Å². The minimum Gasteiger partial charge on any atom is -0.361 e. The number of ketones is 2. The molecule has 3 aromatic rings. The minimum absolute atomic E-state index is 0.168. The molecule has 1 aromatic heterocycles. The number of aromatic amines is 1. The van der Waals surface area contributed by atoms with Gasteiger partial charge in [-0.15, -0.1) is 0 Å². The van der Waals surface area contributed by atoms with Crippen molar-refractivity contribution in [2.24, 2.45) is 0 Å². The standard InChI is InChI=1S/C21H18N2O2/c24-20-16-6-1-2-7-17(16)21(25)18(20)10-12-22-11-9-14-13-23-19-8-4-3-5-15(14)19/h1-8,10,13,22-23H,9,11-12H2. The van der Waals surface area contributed by atoms with E-state index in [0.29, 0.717) is 17.7 Å². The highest BCUT2D eigenvalue weighted by molar-refractivity contribution is 6.39. The summed E-state index contributed by atoms with van der Waals surface area (Å²) in [7, 11) is 0. The lowest BCUT2D eigenvalue weighted by molar-refractivity contribution is 0.0988. The molecule has 1 heterocycles. The SMILES string of the molecule is O=C1C(=CCNCCc2c[nH]c3ccccc23)C(=O)c2ccccc21. The highest BCUT2D eigenvalue weighted by atomic mass is 16.2. The second kappa shape index (κ2) is 6.49. The second-order valence-electron chi connectivity index (χ2n) is 6.14. The molecular weight excluding hydrogens is 312 g/mol. The average molecular weight is 330 g/mol. The van der Waals surface area contributed by atoms with E-state index < -0.39 is 0 Å². The van der Waals surface area contributed by atoms with Gasteiger partial charge in [0.1, 0.15) is 0 Å². The van der Waals surface area contributed by atoms with Crippen LogP contribution in [-0.4, -0.2) is 29.6 Å². The first-order valence-electron chi connectivity index (χ1n) is 8.40. The van der Waals surface area contributed by atoms with Crippen molar-refractivity contribution in [1.82, 2.24) is 10.3 Å². The summed E-state index contributed by atoms with van der Waals surface area (Å²) in [5.74, 6) is -0.335. The lowest BCUT2D eigenvalue weighted by Gasteiger charge is -2.02. The van der Waals surface area contributed by atoms with Crippen molar-refractivity contribution in [3.63, 3.8) is 0 Å². The fourth-order valence-electron chi connectivity index (χ4n) is 3.30. The molecule has 0 unspecified atom stereocenters. The van der Waals surface area contributed by atoms with Crippen molar-refractivity contribution in [2.75, 3.05) is 13.1 Å². The third kappa shape index (κ3) is 2.81. The van der Waals surface area contributed by atoms with Crippen LogP contribution in [0.15, 0.2) is 66.4 Å². The normalized spacial score (nSPS) is 13.5. The summed E-state index contributed by atoms with van der Waals surface area (Å²) in [6, 6.07) is 15.2. The zero-order valence-corrected chi connectivity index (χ0v) is 13.7. The number of allylic oxidation sites excluding steroid dienone is 1. The molecular formula is C21H18N2O2. The molecule has 4 heteroatoms. The molecule has 0 saturated carbocycles. The van der Waals surface area contributed by atoms with Crippen LogP contribution in [0.4, 0.5) is 0 Å². The van der Waals surface area contributed by atoms with Gasteiger partial charge in [-0.3, -0.25) is 9.59 Å². The van der Waals surface area contributed by atoms with Gasteiger partial charge >= 0.3 is 0 Å². The molecule has 2 N–H and O–H groups in total. The van der Waals surface area contributed by atoms with Gasteiger partial charge in [0, 0.05) is 34.8 Å². The highest BCUT2D eigenvalue weighted by Gasteiger charge is 2.31. The number of Topliss-reactive ketones (excluding diaryl/α,β-unsaturated/α-hetero) is 2. The molecule has 0 atom stereocenters. The Morgan fingerprint density at radius 2 is 1.60 bits per heavy atom. The molecule has 1 aliphatic carbocycles. The van der Waals surface area contributed by atoms with Crippen LogP contribution in [0.5, 0.6) is 0 Å². The fraction of sp³-hybridized carbons (Fsp3) is 0.143. The van der Waals surface area contributed by atoms with Crippen molar-refractivity contribution in [3.05, 3.63) is 83.1 Å². The molecule has 0 amide bonds. The van der Waals surface area contributed by atoms with Gasteiger partial charge in [-0.2, -0.15) is 0 Å². The molecule has 2 aromatic carbocycles. The quantitative estimate of drug-likeness (QED) is 0.429. The molecule has 4 rings (SSSR count). The number of aromatic nitrogens is 1. The van der Waals surface area contributed by atoms with Crippen molar-refractivity contribution in [1.29, 1.82) is 0 Å². The lowest BCUT2D eigenvalue weighted by atomic mass is 10.1. The topological polar surface area (TPSA) is 62.0 Å². The van der Waals surface area contributed by atoms with Crippen LogP contribution in [0.1, 0.15) is 26.3 Å². The summed E-state index contributed by atoms with van der Waals surface area (Å²) in [6.07, 6.45) is 4.63. The van der Waals surface area contributed by atoms with Crippen LogP contribution in [0.2, 0.25) is 0 Å². The van der Waals surface area contributed by atoms with Crippen LogP contribution in [0.25, 0.3) is 10.9 Å². The lowest BCUT2D eigenvalue weighted by Crippen LogP contribution is -2.18. The predicted molar refractivity (Wildman–Crippen MR) is 98.1 cm³/mol. The molecule has 1 aliphatic rings. The predicted octanol–water partition coefficient (Wildman–Crippen LogP) is 3.31. The fourth-order valence-corrected chi connectivity index (χ4v) is 3.30. The summed E-state index contributed by atoms with van der Waals surface area (Å²) < 4.78 is 0. The Labute approximate surface area is 145 Å². The zero-order valence-electron chi connectivity index (χ0n) is 13.7. The smallest absolute Gasteiger partial charge is 0.197 e. The summed E-state index contributed by atoms with van der Waals surface area (Å²) in [6.45, 7) is 1.28. The van der Waals surface area contributed by atoms with E-state index in [4.69, 9.17) is 0 Å². The van der Waals surface area contributed by atoms with Gasteiger partial charge < -0.3 is 10.3 Å². The van der Waals surface area contributed by atoms with Crippen LogP contribution in [-0.2, 0) is 6.42 Å². The molecule has 0 aliphatic heterocycles.